The highest BCUT2D eigenvalue weighted by Gasteiger charge is 2.30. The maximum Gasteiger partial charge on any atom is 0.267 e. The van der Waals surface area contributed by atoms with Gasteiger partial charge >= 0.3 is 0 Å². The van der Waals surface area contributed by atoms with Gasteiger partial charge in [-0.2, -0.15) is 0 Å². The minimum atomic E-state index is -1.00. The molecule has 3 rings (SSSR count). The Labute approximate surface area is 166 Å². The molecule has 2 aromatic carbocycles. The van der Waals surface area contributed by atoms with Crippen molar-refractivity contribution in [2.75, 3.05) is 23.3 Å². The lowest BCUT2D eigenvalue weighted by Crippen LogP contribution is -2.42. The number of hydrogen-bond acceptors (Lipinski definition) is 3. The number of hydrogen-bond donors (Lipinski definition) is 1. The van der Waals surface area contributed by atoms with Crippen molar-refractivity contribution in [3.05, 3.63) is 53.6 Å². The SMILES string of the molecule is CC(C)(Oc1ccc(Cl)cc1)C(=O)Nc1ccc(N2CCCCCC2)cc1. The summed E-state index contributed by atoms with van der Waals surface area (Å²) in [6.45, 7) is 5.71. The quantitative estimate of drug-likeness (QED) is 0.735. The summed E-state index contributed by atoms with van der Waals surface area (Å²) in [6.07, 6.45) is 5.12. The molecular weight excluding hydrogens is 360 g/mol. The van der Waals surface area contributed by atoms with Crippen LogP contribution in [0.2, 0.25) is 5.02 Å². The normalized spacial score (nSPS) is 15.1. The zero-order valence-electron chi connectivity index (χ0n) is 16.0. The first-order valence-electron chi connectivity index (χ1n) is 9.55. The van der Waals surface area contributed by atoms with Gasteiger partial charge in [-0.3, -0.25) is 4.79 Å². The van der Waals surface area contributed by atoms with E-state index in [9.17, 15) is 4.79 Å². The van der Waals surface area contributed by atoms with Gasteiger partial charge in [0.05, 0.1) is 0 Å². The van der Waals surface area contributed by atoms with Crippen LogP contribution >= 0.6 is 11.6 Å². The molecule has 5 heteroatoms. The highest BCUT2D eigenvalue weighted by Crippen LogP contribution is 2.24. The van der Waals surface area contributed by atoms with Crippen molar-refractivity contribution in [3.63, 3.8) is 0 Å². The summed E-state index contributed by atoms with van der Waals surface area (Å²) in [4.78, 5) is 15.1. The first-order valence-corrected chi connectivity index (χ1v) is 9.93. The van der Waals surface area contributed by atoms with Crippen molar-refractivity contribution in [1.82, 2.24) is 0 Å². The fraction of sp³-hybridized carbons (Fsp3) is 0.409. The molecule has 0 aromatic heterocycles. The molecule has 0 spiro atoms. The van der Waals surface area contributed by atoms with Crippen molar-refractivity contribution >= 4 is 28.9 Å². The molecule has 0 bridgehead atoms. The fourth-order valence-corrected chi connectivity index (χ4v) is 3.34. The zero-order chi connectivity index (χ0) is 19.3. The summed E-state index contributed by atoms with van der Waals surface area (Å²) < 4.78 is 5.84. The average Bonchev–Trinajstić information content (AvgIpc) is 2.93. The van der Waals surface area contributed by atoms with Crippen LogP contribution < -0.4 is 15.0 Å². The van der Waals surface area contributed by atoms with Gasteiger partial charge < -0.3 is 15.0 Å². The van der Waals surface area contributed by atoms with E-state index >= 15 is 0 Å². The van der Waals surface area contributed by atoms with Gasteiger partial charge in [-0.15, -0.1) is 0 Å². The Morgan fingerprint density at radius 1 is 0.963 bits per heavy atom. The summed E-state index contributed by atoms with van der Waals surface area (Å²) >= 11 is 5.89. The van der Waals surface area contributed by atoms with Gasteiger partial charge in [0, 0.05) is 29.5 Å². The number of carbonyl (C=O) groups is 1. The molecular formula is C22H27ClN2O2. The number of halogens is 1. The molecule has 27 heavy (non-hydrogen) atoms. The minimum Gasteiger partial charge on any atom is -0.478 e. The largest absolute Gasteiger partial charge is 0.478 e. The van der Waals surface area contributed by atoms with Gasteiger partial charge in [0.2, 0.25) is 0 Å². The Hall–Kier alpha value is -2.20. The second-order valence-corrected chi connectivity index (χ2v) is 7.90. The number of anilines is 2. The Balaban J connectivity index is 1.61. The van der Waals surface area contributed by atoms with Crippen molar-refractivity contribution in [2.24, 2.45) is 0 Å². The lowest BCUT2D eigenvalue weighted by Gasteiger charge is -2.26. The van der Waals surface area contributed by atoms with Crippen LogP contribution in [0.25, 0.3) is 0 Å². The van der Waals surface area contributed by atoms with Crippen molar-refractivity contribution in [3.8, 4) is 5.75 Å². The van der Waals surface area contributed by atoms with Crippen molar-refractivity contribution in [1.29, 1.82) is 0 Å². The smallest absolute Gasteiger partial charge is 0.267 e. The number of carbonyl (C=O) groups excluding carboxylic acids is 1. The van der Waals surface area contributed by atoms with Crippen LogP contribution in [0, 0.1) is 0 Å². The number of nitrogens with zero attached hydrogens (tertiary/aromatic N) is 1. The van der Waals surface area contributed by atoms with Crippen molar-refractivity contribution in [2.45, 2.75) is 45.1 Å². The second kappa shape index (κ2) is 8.66. The summed E-state index contributed by atoms with van der Waals surface area (Å²) in [7, 11) is 0. The van der Waals surface area contributed by atoms with E-state index < -0.39 is 5.60 Å². The Morgan fingerprint density at radius 2 is 1.56 bits per heavy atom. The molecule has 1 saturated heterocycles. The van der Waals surface area contributed by atoms with Gasteiger partial charge in [0.1, 0.15) is 5.75 Å². The van der Waals surface area contributed by atoms with E-state index in [1.165, 1.54) is 31.4 Å². The van der Waals surface area contributed by atoms with Gasteiger partial charge in [-0.1, -0.05) is 24.4 Å². The van der Waals surface area contributed by atoms with E-state index in [0.717, 1.165) is 18.8 Å². The Morgan fingerprint density at radius 3 is 2.15 bits per heavy atom. The third kappa shape index (κ3) is 5.39. The highest BCUT2D eigenvalue weighted by atomic mass is 35.5. The van der Waals surface area contributed by atoms with E-state index in [1.54, 1.807) is 38.1 Å². The lowest BCUT2D eigenvalue weighted by molar-refractivity contribution is -0.128. The summed E-state index contributed by atoms with van der Waals surface area (Å²) in [6, 6.07) is 15.1. The van der Waals surface area contributed by atoms with Crippen LogP contribution in [-0.2, 0) is 4.79 Å². The van der Waals surface area contributed by atoms with Gasteiger partial charge in [0.25, 0.3) is 5.91 Å². The van der Waals surface area contributed by atoms with Crippen LogP contribution in [-0.4, -0.2) is 24.6 Å². The summed E-state index contributed by atoms with van der Waals surface area (Å²) in [5, 5.41) is 3.58. The summed E-state index contributed by atoms with van der Waals surface area (Å²) in [5.41, 5.74) is 0.982. The number of ether oxygens (including phenoxy) is 1. The molecule has 0 radical (unpaired) electrons. The predicted octanol–water partition coefficient (Wildman–Crippen LogP) is 5.52. The molecule has 2 aromatic rings. The number of amides is 1. The maximum absolute atomic E-state index is 12.7. The molecule has 1 aliphatic heterocycles. The molecule has 1 heterocycles. The Kier molecular flexibility index (Phi) is 6.27. The molecule has 1 fully saturated rings. The molecule has 0 atom stereocenters. The first-order chi connectivity index (χ1) is 12.9. The first kappa shape index (κ1) is 19.6. The van der Waals surface area contributed by atoms with Crippen LogP contribution in [0.1, 0.15) is 39.5 Å². The fourth-order valence-electron chi connectivity index (χ4n) is 3.21. The summed E-state index contributed by atoms with van der Waals surface area (Å²) in [5.74, 6) is 0.413. The van der Waals surface area contributed by atoms with Gasteiger partial charge in [0.15, 0.2) is 5.60 Å². The molecule has 0 aliphatic carbocycles. The van der Waals surface area contributed by atoms with Gasteiger partial charge in [-0.05, 0) is 75.2 Å². The van der Waals surface area contributed by atoms with Crippen molar-refractivity contribution < 1.29 is 9.53 Å². The van der Waals surface area contributed by atoms with Crippen LogP contribution in [0.5, 0.6) is 5.75 Å². The van der Waals surface area contributed by atoms with E-state index in [0.29, 0.717) is 10.8 Å². The van der Waals surface area contributed by atoms with Crippen LogP contribution in [0.15, 0.2) is 48.5 Å². The monoisotopic (exact) mass is 386 g/mol. The molecule has 144 valence electrons. The number of benzene rings is 2. The highest BCUT2D eigenvalue weighted by molar-refractivity contribution is 6.30. The van der Waals surface area contributed by atoms with Crippen LogP contribution in [0.4, 0.5) is 11.4 Å². The van der Waals surface area contributed by atoms with E-state index in [1.807, 2.05) is 12.1 Å². The lowest BCUT2D eigenvalue weighted by atomic mass is 10.1. The predicted molar refractivity (Wildman–Crippen MR) is 112 cm³/mol. The average molecular weight is 387 g/mol. The van der Waals surface area contributed by atoms with E-state index in [2.05, 4.69) is 22.3 Å². The molecule has 1 amide bonds. The zero-order valence-corrected chi connectivity index (χ0v) is 16.8. The van der Waals surface area contributed by atoms with E-state index in [-0.39, 0.29) is 5.91 Å². The topological polar surface area (TPSA) is 41.6 Å². The third-order valence-corrected chi connectivity index (χ3v) is 5.08. The maximum atomic E-state index is 12.7. The van der Waals surface area contributed by atoms with E-state index in [4.69, 9.17) is 16.3 Å². The molecule has 4 nitrogen and oxygen atoms in total. The third-order valence-electron chi connectivity index (χ3n) is 4.83. The molecule has 1 N–H and O–H groups in total. The number of nitrogens with one attached hydrogen (secondary N) is 1. The standard InChI is InChI=1S/C22H27ClN2O2/c1-22(2,27-20-13-7-17(23)8-14-20)21(26)24-18-9-11-19(12-10-18)25-15-5-3-4-6-16-25/h7-14H,3-6,15-16H2,1-2H3,(H,24,26). The molecule has 0 saturated carbocycles. The minimum absolute atomic E-state index is 0.194. The van der Waals surface area contributed by atoms with Gasteiger partial charge in [-0.25, -0.2) is 0 Å². The molecule has 0 unspecified atom stereocenters. The Bertz CT molecular complexity index is 749. The number of rotatable bonds is 5. The van der Waals surface area contributed by atoms with Crippen LogP contribution in [0.3, 0.4) is 0 Å². The molecule has 1 aliphatic rings. The second-order valence-electron chi connectivity index (χ2n) is 7.47.